The molecule has 2 aromatic rings. The number of aryl methyl sites for hydroxylation is 1. The van der Waals surface area contributed by atoms with Gasteiger partial charge in [0.1, 0.15) is 11.3 Å². The summed E-state index contributed by atoms with van der Waals surface area (Å²) >= 11 is 0. The first kappa shape index (κ1) is 19.0. The molecule has 0 atom stereocenters. The number of hydrogen-bond donors (Lipinski definition) is 1. The number of nitrogens with zero attached hydrogens (tertiary/aromatic N) is 1. The van der Waals surface area contributed by atoms with Gasteiger partial charge in [-0.2, -0.15) is 0 Å². The topological polar surface area (TPSA) is 79.2 Å². The number of aromatic nitrogens is 1. The maximum atomic E-state index is 9.43. The molecule has 0 unspecified atom stereocenters. The summed E-state index contributed by atoms with van der Waals surface area (Å²) in [6.07, 6.45) is 0. The molecule has 0 fully saturated rings. The van der Waals surface area contributed by atoms with Gasteiger partial charge in [0.05, 0.1) is 0 Å². The van der Waals surface area contributed by atoms with Crippen LogP contribution in [-0.2, 0) is 0 Å². The van der Waals surface area contributed by atoms with Crippen LogP contribution in [-0.4, -0.2) is 17.8 Å². The molecule has 1 radical (unpaired) electrons. The number of phenolic OH excluding ortho intramolecular Hbond substituents is 1. The van der Waals surface area contributed by atoms with Crippen molar-refractivity contribution in [3.8, 4) is 5.75 Å². The van der Waals surface area contributed by atoms with Crippen LogP contribution in [0.1, 0.15) is 5.69 Å². The standard InChI is InChI=1S/C10H9NO.BO2.2Li/c1-7-5-6-8-3-2-4-9(12)10(8)11-7;2-1-3;;/h2-6,12H,1H3;;;/q;-2;2*+1. The third-order valence-corrected chi connectivity index (χ3v) is 1.84. The van der Waals surface area contributed by atoms with E-state index in [1.54, 1.807) is 6.07 Å². The number of benzene rings is 1. The van der Waals surface area contributed by atoms with Crippen molar-refractivity contribution in [1.29, 1.82) is 0 Å². The summed E-state index contributed by atoms with van der Waals surface area (Å²) in [5.41, 5.74) is 1.60. The number of aromatic hydroxyl groups is 1. The van der Waals surface area contributed by atoms with Crippen LogP contribution < -0.4 is 47.8 Å². The largest absolute Gasteiger partial charge is 1.00 e. The van der Waals surface area contributed by atoms with Gasteiger partial charge in [-0.15, -0.1) is 0 Å². The zero-order chi connectivity index (χ0) is 11.3. The number of rotatable bonds is 0. The van der Waals surface area contributed by atoms with Gasteiger partial charge in [0.2, 0.25) is 0 Å². The van der Waals surface area contributed by atoms with E-state index in [1.807, 2.05) is 31.2 Å². The summed E-state index contributed by atoms with van der Waals surface area (Å²) in [6, 6.07) is 9.28. The Balaban J connectivity index is 0. The SMILES string of the molecule is Cc1ccc2cccc(O)c2n1.[Li+].[Li+].[O-][B][O-]. The predicted molar refractivity (Wildman–Crippen MR) is 53.9 cm³/mol. The molecule has 1 aromatic heterocycles. The van der Waals surface area contributed by atoms with Gasteiger partial charge >= 0.3 is 37.7 Å². The number of pyridine rings is 1. The molecule has 0 aliphatic heterocycles. The molecule has 0 saturated heterocycles. The van der Waals surface area contributed by atoms with Crippen LogP contribution in [0.3, 0.4) is 0 Å². The number of para-hydroxylation sites is 1. The molecule has 17 heavy (non-hydrogen) atoms. The first-order valence-electron chi connectivity index (χ1n) is 4.30. The molecule has 2 rings (SSSR count). The van der Waals surface area contributed by atoms with E-state index in [0.717, 1.165) is 11.1 Å². The van der Waals surface area contributed by atoms with Crippen molar-refractivity contribution in [3.63, 3.8) is 0 Å². The molecule has 1 heterocycles. The maximum absolute atomic E-state index is 9.43. The van der Waals surface area contributed by atoms with Crippen LogP contribution in [0.4, 0.5) is 0 Å². The quantitative estimate of drug-likeness (QED) is 0.444. The number of hydrogen-bond acceptors (Lipinski definition) is 4. The fraction of sp³-hybridized carbons (Fsp3) is 0.100. The van der Waals surface area contributed by atoms with E-state index in [0.29, 0.717) is 5.52 Å². The molecular formula is C10H9BLi2NO3. The van der Waals surface area contributed by atoms with Crippen molar-refractivity contribution in [2.24, 2.45) is 0 Å². The third-order valence-electron chi connectivity index (χ3n) is 1.84. The molecule has 0 spiro atoms. The predicted octanol–water partition coefficient (Wildman–Crippen LogP) is -6.50. The molecule has 0 aliphatic carbocycles. The molecule has 0 amide bonds. The summed E-state index contributed by atoms with van der Waals surface area (Å²) < 4.78 is 0. The van der Waals surface area contributed by atoms with Gasteiger partial charge in [-0.25, -0.2) is 12.7 Å². The minimum absolute atomic E-state index is 0. The Morgan fingerprint density at radius 2 is 1.71 bits per heavy atom. The van der Waals surface area contributed by atoms with Crippen LogP contribution >= 0.6 is 0 Å². The first-order valence-corrected chi connectivity index (χ1v) is 4.30. The molecule has 0 aliphatic rings. The monoisotopic (exact) mass is 216 g/mol. The smallest absolute Gasteiger partial charge is 0.900 e. The van der Waals surface area contributed by atoms with Crippen molar-refractivity contribution in [1.82, 2.24) is 4.98 Å². The second-order valence-electron chi connectivity index (χ2n) is 2.90. The van der Waals surface area contributed by atoms with E-state index < -0.39 is 7.69 Å². The van der Waals surface area contributed by atoms with Gasteiger partial charge in [0, 0.05) is 11.1 Å². The van der Waals surface area contributed by atoms with Crippen molar-refractivity contribution >= 4 is 18.6 Å². The van der Waals surface area contributed by atoms with E-state index in [-0.39, 0.29) is 43.5 Å². The van der Waals surface area contributed by atoms with E-state index in [2.05, 4.69) is 4.98 Å². The van der Waals surface area contributed by atoms with Crippen LogP contribution in [0, 0.1) is 6.92 Å². The average molecular weight is 216 g/mol. The van der Waals surface area contributed by atoms with Gasteiger partial charge in [-0.05, 0) is 19.1 Å². The van der Waals surface area contributed by atoms with Gasteiger partial charge in [-0.1, -0.05) is 18.2 Å². The van der Waals surface area contributed by atoms with Gasteiger partial charge in [-0.3, -0.25) is 0 Å². The van der Waals surface area contributed by atoms with Crippen molar-refractivity contribution in [2.75, 3.05) is 0 Å². The average Bonchev–Trinajstić information content (AvgIpc) is 2.21. The first-order chi connectivity index (χ1) is 7.19. The molecule has 0 bridgehead atoms. The molecule has 4 nitrogen and oxygen atoms in total. The zero-order valence-corrected chi connectivity index (χ0v) is 10.2. The van der Waals surface area contributed by atoms with Gasteiger partial charge in [0.25, 0.3) is 0 Å². The Labute approximate surface area is 125 Å². The summed E-state index contributed by atoms with van der Waals surface area (Å²) in [5.74, 6) is 0.246. The molecule has 77 valence electrons. The number of phenols is 1. The summed E-state index contributed by atoms with van der Waals surface area (Å²) in [4.78, 5) is 4.23. The maximum Gasteiger partial charge on any atom is 1.00 e. The van der Waals surface area contributed by atoms with E-state index in [1.165, 1.54) is 0 Å². The molecule has 1 aromatic carbocycles. The minimum Gasteiger partial charge on any atom is -0.900 e. The fourth-order valence-corrected chi connectivity index (χ4v) is 1.23. The van der Waals surface area contributed by atoms with Crippen LogP contribution in [0.15, 0.2) is 30.3 Å². The Hall–Kier alpha value is -0.390. The van der Waals surface area contributed by atoms with E-state index >= 15 is 0 Å². The van der Waals surface area contributed by atoms with Crippen LogP contribution in [0.25, 0.3) is 10.9 Å². The van der Waals surface area contributed by atoms with Crippen LogP contribution in [0.2, 0.25) is 0 Å². The second-order valence-corrected chi connectivity index (χ2v) is 2.90. The Morgan fingerprint density at radius 1 is 1.12 bits per heavy atom. The van der Waals surface area contributed by atoms with Crippen molar-refractivity contribution in [3.05, 3.63) is 36.0 Å². The van der Waals surface area contributed by atoms with Gasteiger partial charge < -0.3 is 15.2 Å². The van der Waals surface area contributed by atoms with Gasteiger partial charge in [0.15, 0.2) is 0 Å². The minimum atomic E-state index is -0.500. The fourth-order valence-electron chi connectivity index (χ4n) is 1.23. The second kappa shape index (κ2) is 9.62. The normalized spacial score (nSPS) is 8.18. The molecule has 1 N–H and O–H groups in total. The zero-order valence-electron chi connectivity index (χ0n) is 10.2. The Morgan fingerprint density at radius 3 is 2.29 bits per heavy atom. The van der Waals surface area contributed by atoms with Crippen molar-refractivity contribution in [2.45, 2.75) is 6.92 Å². The molecular weight excluding hydrogens is 207 g/mol. The third kappa shape index (κ3) is 5.66. The van der Waals surface area contributed by atoms with E-state index in [9.17, 15) is 5.11 Å². The molecule has 7 heteroatoms. The summed E-state index contributed by atoms with van der Waals surface area (Å²) in [7, 11) is -0.500. The summed E-state index contributed by atoms with van der Waals surface area (Å²) in [6.45, 7) is 1.91. The van der Waals surface area contributed by atoms with Crippen molar-refractivity contribution < 1.29 is 52.9 Å². The van der Waals surface area contributed by atoms with Crippen LogP contribution in [0.5, 0.6) is 5.75 Å². The Bertz CT molecular complexity index is 456. The Kier molecular flexibility index (Phi) is 10.7. The number of fused-ring (bicyclic) bond motifs is 1. The summed E-state index contributed by atoms with van der Waals surface area (Å²) in [5, 5.41) is 26.9. The molecule has 0 saturated carbocycles. The van der Waals surface area contributed by atoms with E-state index in [4.69, 9.17) is 10.0 Å².